The molecule has 1 aromatic heterocycles. The third-order valence-corrected chi connectivity index (χ3v) is 4.47. The van der Waals surface area contributed by atoms with Crippen LogP contribution in [0.2, 0.25) is 5.02 Å². The lowest BCUT2D eigenvalue weighted by molar-refractivity contribution is 0.0698. The molecule has 2 aromatic rings. The molecule has 1 aliphatic rings. The minimum absolute atomic E-state index is 0.0577. The van der Waals surface area contributed by atoms with Crippen LogP contribution < -0.4 is 5.32 Å². The second-order valence-corrected chi connectivity index (χ2v) is 6.17. The fourth-order valence-corrected chi connectivity index (χ4v) is 3.01. The quantitative estimate of drug-likeness (QED) is 0.932. The number of amides is 2. The van der Waals surface area contributed by atoms with E-state index in [1.54, 1.807) is 53.7 Å². The van der Waals surface area contributed by atoms with Gasteiger partial charge in [-0.2, -0.15) is 0 Å². The predicted octanol–water partition coefficient (Wildman–Crippen LogP) is 2.77. The van der Waals surface area contributed by atoms with E-state index >= 15 is 0 Å². The molecule has 1 N–H and O–H groups in total. The molecule has 0 bridgehead atoms. The number of hydrogen-bond acceptors (Lipinski definition) is 3. The van der Waals surface area contributed by atoms with Crippen LogP contribution in [0.1, 0.15) is 33.6 Å². The largest absolute Gasteiger partial charge is 0.349 e. The summed E-state index contributed by atoms with van der Waals surface area (Å²) in [4.78, 5) is 30.4. The zero-order chi connectivity index (χ0) is 16.9. The van der Waals surface area contributed by atoms with Crippen LogP contribution in [0.3, 0.4) is 0 Å². The molecule has 0 unspecified atom stereocenters. The smallest absolute Gasteiger partial charge is 0.255 e. The molecule has 1 aliphatic heterocycles. The Balaban J connectivity index is 1.55. The van der Waals surface area contributed by atoms with Gasteiger partial charge in [0.15, 0.2) is 0 Å². The van der Waals surface area contributed by atoms with Gasteiger partial charge in [-0.3, -0.25) is 14.6 Å². The lowest BCUT2D eigenvalue weighted by Crippen LogP contribution is -2.46. The van der Waals surface area contributed by atoms with Crippen LogP contribution in [0.15, 0.2) is 48.8 Å². The summed E-state index contributed by atoms with van der Waals surface area (Å²) in [6, 6.07) is 10.6. The van der Waals surface area contributed by atoms with Gasteiger partial charge < -0.3 is 10.2 Å². The van der Waals surface area contributed by atoms with E-state index < -0.39 is 0 Å². The number of nitrogens with zero attached hydrogens (tertiary/aromatic N) is 2. The third-order valence-electron chi connectivity index (χ3n) is 4.15. The standard InChI is InChI=1S/C18H18ClN3O2/c19-16-6-2-1-5-15(16)18(24)22-10-7-14(8-11-22)21-17(23)13-4-3-9-20-12-13/h1-6,9,12,14H,7-8,10-11H2,(H,21,23). The maximum Gasteiger partial charge on any atom is 0.255 e. The van der Waals surface area contributed by atoms with Gasteiger partial charge in [-0.25, -0.2) is 0 Å². The molecule has 2 heterocycles. The summed E-state index contributed by atoms with van der Waals surface area (Å²) < 4.78 is 0. The van der Waals surface area contributed by atoms with Crippen LogP contribution >= 0.6 is 11.6 Å². The van der Waals surface area contributed by atoms with Gasteiger partial charge in [-0.05, 0) is 37.1 Å². The Labute approximate surface area is 145 Å². The molecule has 0 radical (unpaired) electrons. The number of benzene rings is 1. The fourth-order valence-electron chi connectivity index (χ4n) is 2.80. The first-order valence-electron chi connectivity index (χ1n) is 7.90. The Morgan fingerprint density at radius 3 is 2.54 bits per heavy atom. The molecule has 3 rings (SSSR count). The van der Waals surface area contributed by atoms with E-state index in [-0.39, 0.29) is 17.9 Å². The normalized spacial score (nSPS) is 15.1. The van der Waals surface area contributed by atoms with Gasteiger partial charge in [-0.1, -0.05) is 23.7 Å². The van der Waals surface area contributed by atoms with Crippen molar-refractivity contribution >= 4 is 23.4 Å². The number of aromatic nitrogens is 1. The molecule has 5 nitrogen and oxygen atoms in total. The highest BCUT2D eigenvalue weighted by atomic mass is 35.5. The summed E-state index contributed by atoms with van der Waals surface area (Å²) in [5, 5.41) is 3.47. The second-order valence-electron chi connectivity index (χ2n) is 5.76. The number of carbonyl (C=O) groups excluding carboxylic acids is 2. The number of piperidine rings is 1. The summed E-state index contributed by atoms with van der Waals surface area (Å²) in [5.41, 5.74) is 1.07. The van der Waals surface area contributed by atoms with Gasteiger partial charge in [-0.15, -0.1) is 0 Å². The van der Waals surface area contributed by atoms with Crippen molar-refractivity contribution in [3.63, 3.8) is 0 Å². The molecule has 2 amide bonds. The lowest BCUT2D eigenvalue weighted by Gasteiger charge is -2.32. The topological polar surface area (TPSA) is 62.3 Å². The summed E-state index contributed by atoms with van der Waals surface area (Å²) in [5.74, 6) is -0.184. The Morgan fingerprint density at radius 2 is 1.88 bits per heavy atom. The van der Waals surface area contributed by atoms with Crippen molar-refractivity contribution in [2.45, 2.75) is 18.9 Å². The summed E-state index contributed by atoms with van der Waals surface area (Å²) >= 11 is 6.09. The number of rotatable bonds is 3. The molecule has 6 heteroatoms. The average Bonchev–Trinajstić information content (AvgIpc) is 2.63. The molecule has 0 spiro atoms. The molecule has 1 saturated heterocycles. The minimum atomic E-state index is -0.126. The zero-order valence-electron chi connectivity index (χ0n) is 13.1. The van der Waals surface area contributed by atoms with Crippen molar-refractivity contribution in [3.05, 3.63) is 64.9 Å². The molecule has 0 aliphatic carbocycles. The highest BCUT2D eigenvalue weighted by Crippen LogP contribution is 2.20. The Bertz CT molecular complexity index is 728. The van der Waals surface area contributed by atoms with Gasteiger partial charge in [0.1, 0.15) is 0 Å². The van der Waals surface area contributed by atoms with E-state index in [1.807, 2.05) is 0 Å². The first kappa shape index (κ1) is 16.5. The maximum absolute atomic E-state index is 12.5. The van der Waals surface area contributed by atoms with Crippen LogP contribution in [-0.2, 0) is 0 Å². The number of hydrogen-bond donors (Lipinski definition) is 1. The van der Waals surface area contributed by atoms with Gasteiger partial charge >= 0.3 is 0 Å². The van der Waals surface area contributed by atoms with Crippen LogP contribution in [0, 0.1) is 0 Å². The van der Waals surface area contributed by atoms with Crippen LogP contribution in [0.4, 0.5) is 0 Å². The predicted molar refractivity (Wildman–Crippen MR) is 92.1 cm³/mol. The maximum atomic E-state index is 12.5. The number of nitrogens with one attached hydrogen (secondary N) is 1. The zero-order valence-corrected chi connectivity index (χ0v) is 13.9. The summed E-state index contributed by atoms with van der Waals surface area (Å²) in [6.07, 6.45) is 4.63. The second kappa shape index (κ2) is 7.45. The van der Waals surface area contributed by atoms with Crippen LogP contribution in [0.25, 0.3) is 0 Å². The highest BCUT2D eigenvalue weighted by Gasteiger charge is 2.25. The van der Waals surface area contributed by atoms with Crippen molar-refractivity contribution in [1.82, 2.24) is 15.2 Å². The summed E-state index contributed by atoms with van der Waals surface area (Å²) in [6.45, 7) is 1.20. The number of carbonyl (C=O) groups is 2. The summed E-state index contributed by atoms with van der Waals surface area (Å²) in [7, 11) is 0. The first-order valence-corrected chi connectivity index (χ1v) is 8.27. The lowest BCUT2D eigenvalue weighted by atomic mass is 10.0. The van der Waals surface area contributed by atoms with Crippen molar-refractivity contribution in [1.29, 1.82) is 0 Å². The molecule has 24 heavy (non-hydrogen) atoms. The fraction of sp³-hybridized carbons (Fsp3) is 0.278. The van der Waals surface area contributed by atoms with Crippen LogP contribution in [-0.4, -0.2) is 40.8 Å². The Hall–Kier alpha value is -2.40. The molecule has 124 valence electrons. The van der Waals surface area contributed by atoms with Gasteiger partial charge in [0.25, 0.3) is 11.8 Å². The van der Waals surface area contributed by atoms with Crippen LogP contribution in [0.5, 0.6) is 0 Å². The molecular weight excluding hydrogens is 326 g/mol. The van der Waals surface area contributed by atoms with Gasteiger partial charge in [0.05, 0.1) is 16.1 Å². The van der Waals surface area contributed by atoms with Crippen molar-refractivity contribution in [2.24, 2.45) is 0 Å². The van der Waals surface area contributed by atoms with E-state index in [0.29, 0.717) is 29.2 Å². The molecule has 0 saturated carbocycles. The van der Waals surface area contributed by atoms with E-state index in [9.17, 15) is 9.59 Å². The minimum Gasteiger partial charge on any atom is -0.349 e. The highest BCUT2D eigenvalue weighted by molar-refractivity contribution is 6.33. The molecule has 1 aromatic carbocycles. The number of pyridine rings is 1. The van der Waals surface area contributed by atoms with Crippen molar-refractivity contribution in [2.75, 3.05) is 13.1 Å². The van der Waals surface area contributed by atoms with Gasteiger partial charge in [0, 0.05) is 31.5 Å². The number of halogens is 1. The third kappa shape index (κ3) is 3.74. The Kier molecular flexibility index (Phi) is 5.11. The molecular formula is C18H18ClN3O2. The van der Waals surface area contributed by atoms with E-state index in [1.165, 1.54) is 0 Å². The SMILES string of the molecule is O=C(NC1CCN(C(=O)c2ccccc2Cl)CC1)c1cccnc1. The van der Waals surface area contributed by atoms with E-state index in [2.05, 4.69) is 10.3 Å². The monoisotopic (exact) mass is 343 g/mol. The first-order chi connectivity index (χ1) is 11.6. The number of likely N-dealkylation sites (tertiary alicyclic amines) is 1. The van der Waals surface area contributed by atoms with Crippen molar-refractivity contribution in [3.8, 4) is 0 Å². The van der Waals surface area contributed by atoms with E-state index in [0.717, 1.165) is 12.8 Å². The Morgan fingerprint density at radius 1 is 1.12 bits per heavy atom. The van der Waals surface area contributed by atoms with E-state index in [4.69, 9.17) is 11.6 Å². The van der Waals surface area contributed by atoms with Crippen molar-refractivity contribution < 1.29 is 9.59 Å². The van der Waals surface area contributed by atoms with Gasteiger partial charge in [0.2, 0.25) is 0 Å². The molecule has 0 atom stereocenters. The average molecular weight is 344 g/mol. The molecule has 1 fully saturated rings.